The second kappa shape index (κ2) is 7.04. The molecule has 4 aromatic rings. The predicted molar refractivity (Wildman–Crippen MR) is 105 cm³/mol. The molecule has 5 heteroatoms. The zero-order valence-electron chi connectivity index (χ0n) is 14.9. The van der Waals surface area contributed by atoms with Gasteiger partial charge in [-0.3, -0.25) is 0 Å². The van der Waals surface area contributed by atoms with Gasteiger partial charge in [-0.05, 0) is 18.1 Å². The molecule has 0 radical (unpaired) electrons. The Hall–Kier alpha value is -3.08. The minimum atomic E-state index is 0.443. The molecule has 2 heterocycles. The van der Waals surface area contributed by atoms with E-state index in [1.807, 2.05) is 47.2 Å². The third-order valence-corrected chi connectivity index (χ3v) is 4.50. The second-order valence-electron chi connectivity index (χ2n) is 6.40. The normalized spacial score (nSPS) is 11.3. The molecule has 2 N–H and O–H groups in total. The number of aryl methyl sites for hydroxylation is 1. The Morgan fingerprint density at radius 3 is 2.58 bits per heavy atom. The summed E-state index contributed by atoms with van der Waals surface area (Å²) in [5, 5.41) is 1.00. The summed E-state index contributed by atoms with van der Waals surface area (Å²) in [6, 6.07) is 18.1. The molecular formula is C21H22N4O. The summed E-state index contributed by atoms with van der Waals surface area (Å²) in [5.74, 6) is 1.33. The van der Waals surface area contributed by atoms with Crippen LogP contribution >= 0.6 is 0 Å². The van der Waals surface area contributed by atoms with Crippen LogP contribution in [-0.4, -0.2) is 14.7 Å². The van der Waals surface area contributed by atoms with E-state index in [0.717, 1.165) is 47.1 Å². The van der Waals surface area contributed by atoms with Gasteiger partial charge < -0.3 is 10.6 Å². The van der Waals surface area contributed by atoms with Crippen molar-refractivity contribution in [1.82, 2.24) is 14.7 Å². The molecule has 0 amide bonds. The van der Waals surface area contributed by atoms with E-state index >= 15 is 0 Å². The number of rotatable bonds is 6. The number of aromatic nitrogens is 3. The molecule has 4 rings (SSSR count). The van der Waals surface area contributed by atoms with Gasteiger partial charge in [0.05, 0.1) is 5.52 Å². The molecule has 0 aliphatic rings. The SMILES string of the molecule is CCCCc1nc2c(N)nc3ccccc3c2n1OCc1ccccc1. The lowest BCUT2D eigenvalue weighted by Gasteiger charge is -2.12. The van der Waals surface area contributed by atoms with Crippen molar-refractivity contribution >= 4 is 27.8 Å². The molecule has 0 fully saturated rings. The van der Waals surface area contributed by atoms with Gasteiger partial charge in [-0.25, -0.2) is 9.97 Å². The van der Waals surface area contributed by atoms with Gasteiger partial charge in [0.15, 0.2) is 5.82 Å². The van der Waals surface area contributed by atoms with E-state index in [9.17, 15) is 0 Å². The summed E-state index contributed by atoms with van der Waals surface area (Å²) in [6.45, 7) is 2.64. The van der Waals surface area contributed by atoms with Gasteiger partial charge in [0.2, 0.25) is 0 Å². The molecule has 26 heavy (non-hydrogen) atoms. The Kier molecular flexibility index (Phi) is 4.44. The van der Waals surface area contributed by atoms with Crippen molar-refractivity contribution in [3.8, 4) is 0 Å². The number of pyridine rings is 1. The molecule has 0 aliphatic carbocycles. The van der Waals surface area contributed by atoms with Crippen LogP contribution in [0, 0.1) is 0 Å². The summed E-state index contributed by atoms with van der Waals surface area (Å²) in [5.41, 5.74) is 9.77. The minimum Gasteiger partial charge on any atom is -0.407 e. The molecule has 0 atom stereocenters. The number of nitrogen functional groups attached to an aromatic ring is 1. The van der Waals surface area contributed by atoms with Gasteiger partial charge in [-0.15, -0.1) is 0 Å². The largest absolute Gasteiger partial charge is 0.407 e. The maximum atomic E-state index is 6.21. The van der Waals surface area contributed by atoms with Gasteiger partial charge in [-0.1, -0.05) is 61.9 Å². The van der Waals surface area contributed by atoms with Crippen LogP contribution < -0.4 is 10.6 Å². The standard InChI is InChI=1S/C21H22N4O/c1-2-3-13-18-24-19-20(16-11-7-8-12-17(16)23-21(19)22)25(18)26-14-15-9-5-4-6-10-15/h4-12H,2-3,13-14H2,1H3,(H2,22,23). The molecular weight excluding hydrogens is 324 g/mol. The third-order valence-electron chi connectivity index (χ3n) is 4.50. The summed E-state index contributed by atoms with van der Waals surface area (Å²) in [6.07, 6.45) is 2.98. The van der Waals surface area contributed by atoms with Crippen molar-refractivity contribution in [3.63, 3.8) is 0 Å². The van der Waals surface area contributed by atoms with E-state index in [0.29, 0.717) is 17.9 Å². The highest BCUT2D eigenvalue weighted by Crippen LogP contribution is 2.28. The van der Waals surface area contributed by atoms with Crippen LogP contribution in [0.2, 0.25) is 0 Å². The predicted octanol–water partition coefficient (Wildman–Crippen LogP) is 4.14. The molecule has 0 bridgehead atoms. The highest BCUT2D eigenvalue weighted by atomic mass is 16.7. The number of benzene rings is 2. The van der Waals surface area contributed by atoms with Crippen molar-refractivity contribution in [1.29, 1.82) is 0 Å². The van der Waals surface area contributed by atoms with E-state index < -0.39 is 0 Å². The first-order valence-corrected chi connectivity index (χ1v) is 9.00. The number of hydrogen-bond acceptors (Lipinski definition) is 4. The van der Waals surface area contributed by atoms with Gasteiger partial charge in [0.25, 0.3) is 0 Å². The third kappa shape index (κ3) is 2.96. The van der Waals surface area contributed by atoms with Crippen LogP contribution in [0.1, 0.15) is 31.2 Å². The molecule has 0 unspecified atom stereocenters. The van der Waals surface area contributed by atoms with Crippen LogP contribution in [0.15, 0.2) is 54.6 Å². The van der Waals surface area contributed by atoms with Crippen molar-refractivity contribution in [2.75, 3.05) is 5.73 Å². The number of unbranched alkanes of at least 4 members (excludes halogenated alkanes) is 1. The van der Waals surface area contributed by atoms with E-state index in [-0.39, 0.29) is 0 Å². The van der Waals surface area contributed by atoms with Crippen LogP contribution in [0.4, 0.5) is 5.82 Å². The maximum absolute atomic E-state index is 6.21. The molecule has 0 saturated heterocycles. The van der Waals surface area contributed by atoms with Crippen molar-refractivity contribution < 1.29 is 4.84 Å². The Bertz CT molecular complexity index is 1040. The minimum absolute atomic E-state index is 0.443. The lowest BCUT2D eigenvalue weighted by atomic mass is 10.2. The number of fused-ring (bicyclic) bond motifs is 3. The van der Waals surface area contributed by atoms with Crippen LogP contribution in [0.25, 0.3) is 21.9 Å². The Labute approximate surface area is 152 Å². The first-order valence-electron chi connectivity index (χ1n) is 9.00. The topological polar surface area (TPSA) is 66.0 Å². The number of imidazole rings is 1. The Balaban J connectivity index is 1.86. The van der Waals surface area contributed by atoms with Gasteiger partial charge in [-0.2, -0.15) is 4.73 Å². The smallest absolute Gasteiger partial charge is 0.152 e. The summed E-state index contributed by atoms with van der Waals surface area (Å²) < 4.78 is 1.86. The average Bonchev–Trinajstić information content (AvgIpc) is 3.05. The van der Waals surface area contributed by atoms with Gasteiger partial charge >= 0.3 is 0 Å². The summed E-state index contributed by atoms with van der Waals surface area (Å²) in [7, 11) is 0. The van der Waals surface area contributed by atoms with E-state index in [1.54, 1.807) is 0 Å². The fourth-order valence-corrected chi connectivity index (χ4v) is 3.17. The zero-order chi connectivity index (χ0) is 17.9. The van der Waals surface area contributed by atoms with Crippen LogP contribution in [-0.2, 0) is 13.0 Å². The number of para-hydroxylation sites is 1. The van der Waals surface area contributed by atoms with Crippen molar-refractivity contribution in [2.24, 2.45) is 0 Å². The number of anilines is 1. The van der Waals surface area contributed by atoms with Gasteiger partial charge in [0, 0.05) is 11.8 Å². The molecule has 2 aromatic heterocycles. The fourth-order valence-electron chi connectivity index (χ4n) is 3.17. The average molecular weight is 346 g/mol. The first kappa shape index (κ1) is 16.4. The number of nitrogens with zero attached hydrogens (tertiary/aromatic N) is 3. The fraction of sp³-hybridized carbons (Fsp3) is 0.238. The second-order valence-corrected chi connectivity index (χ2v) is 6.40. The maximum Gasteiger partial charge on any atom is 0.152 e. The lowest BCUT2D eigenvalue weighted by molar-refractivity contribution is 0.0994. The molecule has 0 aliphatic heterocycles. The van der Waals surface area contributed by atoms with Crippen LogP contribution in [0.3, 0.4) is 0 Å². The van der Waals surface area contributed by atoms with Crippen LogP contribution in [0.5, 0.6) is 0 Å². The monoisotopic (exact) mass is 346 g/mol. The summed E-state index contributed by atoms with van der Waals surface area (Å²) in [4.78, 5) is 15.5. The molecule has 132 valence electrons. The first-order chi connectivity index (χ1) is 12.8. The number of hydrogen-bond donors (Lipinski definition) is 1. The number of nitrogens with two attached hydrogens (primary N) is 1. The molecule has 0 saturated carbocycles. The van der Waals surface area contributed by atoms with E-state index in [1.165, 1.54) is 0 Å². The quantitative estimate of drug-likeness (QED) is 0.570. The van der Waals surface area contributed by atoms with Crippen molar-refractivity contribution in [2.45, 2.75) is 32.8 Å². The van der Waals surface area contributed by atoms with Gasteiger partial charge in [0.1, 0.15) is 23.5 Å². The Morgan fingerprint density at radius 1 is 1.00 bits per heavy atom. The summed E-state index contributed by atoms with van der Waals surface area (Å²) >= 11 is 0. The molecule has 2 aromatic carbocycles. The van der Waals surface area contributed by atoms with Crippen molar-refractivity contribution in [3.05, 3.63) is 66.0 Å². The lowest BCUT2D eigenvalue weighted by Crippen LogP contribution is -2.15. The molecule has 5 nitrogen and oxygen atoms in total. The zero-order valence-corrected chi connectivity index (χ0v) is 14.9. The highest BCUT2D eigenvalue weighted by Gasteiger charge is 2.18. The van der Waals surface area contributed by atoms with E-state index in [4.69, 9.17) is 15.6 Å². The molecule has 0 spiro atoms. The highest BCUT2D eigenvalue weighted by molar-refractivity contribution is 6.06. The Morgan fingerprint density at radius 2 is 1.77 bits per heavy atom. The van der Waals surface area contributed by atoms with E-state index in [2.05, 4.69) is 24.0 Å².